The predicted molar refractivity (Wildman–Crippen MR) is 97.6 cm³/mol. The Labute approximate surface area is 130 Å². The maximum atomic E-state index is 2.32. The van der Waals surface area contributed by atoms with Gasteiger partial charge in [-0.15, -0.1) is 0 Å². The van der Waals surface area contributed by atoms with E-state index in [1.54, 1.807) is 0 Å². The molecular formula is C21H28. The van der Waals surface area contributed by atoms with Gasteiger partial charge >= 0.3 is 0 Å². The lowest BCUT2D eigenvalue weighted by molar-refractivity contribution is 0.898. The summed E-state index contributed by atoms with van der Waals surface area (Å²) in [5.41, 5.74) is 7.19. The van der Waals surface area contributed by atoms with Crippen LogP contribution in [-0.2, 0) is 6.42 Å². The molecule has 0 aliphatic heterocycles. The highest BCUT2D eigenvalue weighted by Crippen LogP contribution is 2.38. The summed E-state index contributed by atoms with van der Waals surface area (Å²) >= 11 is 0. The zero-order chi connectivity index (χ0) is 13.2. The van der Waals surface area contributed by atoms with E-state index in [9.17, 15) is 0 Å². The van der Waals surface area contributed by atoms with E-state index in [2.05, 4.69) is 68.5 Å². The van der Waals surface area contributed by atoms with E-state index in [1.165, 1.54) is 27.8 Å². The molecule has 2 bridgehead atoms. The molecule has 0 saturated heterocycles. The highest BCUT2D eigenvalue weighted by atomic mass is 14.2. The van der Waals surface area contributed by atoms with Crippen molar-refractivity contribution in [2.24, 2.45) is 0 Å². The molecule has 1 aromatic carbocycles. The summed E-state index contributed by atoms with van der Waals surface area (Å²) < 4.78 is 0. The van der Waals surface area contributed by atoms with Crippen molar-refractivity contribution in [2.75, 3.05) is 0 Å². The highest BCUT2D eigenvalue weighted by Gasteiger charge is 2.21. The Hall–Kier alpha value is -1.82. The minimum absolute atomic E-state index is 0. The smallest absolute Gasteiger partial charge is 0.00729 e. The summed E-state index contributed by atoms with van der Waals surface area (Å²) in [6.45, 7) is 4.56. The van der Waals surface area contributed by atoms with E-state index < -0.39 is 0 Å². The average Bonchev–Trinajstić information content (AvgIpc) is 2.43. The van der Waals surface area contributed by atoms with Crippen molar-refractivity contribution in [3.05, 3.63) is 70.3 Å². The first kappa shape index (κ1) is 17.2. The lowest BCUT2D eigenvalue weighted by atomic mass is 9.79. The molecule has 2 aliphatic rings. The van der Waals surface area contributed by atoms with Crippen LogP contribution < -0.4 is 0 Å². The molecule has 0 fully saturated rings. The van der Waals surface area contributed by atoms with Gasteiger partial charge in [-0.25, -0.2) is 0 Å². The lowest BCUT2D eigenvalue weighted by Gasteiger charge is -2.25. The zero-order valence-corrected chi connectivity index (χ0v) is 11.7. The Kier molecular flexibility index (Phi) is 5.96. The first-order valence-corrected chi connectivity index (χ1v) is 7.18. The number of hydrogen-bond donors (Lipinski definition) is 0. The van der Waals surface area contributed by atoms with E-state index in [4.69, 9.17) is 0 Å². The quantitative estimate of drug-likeness (QED) is 0.547. The third kappa shape index (κ3) is 3.10. The number of benzene rings is 1. The first-order valence-electron chi connectivity index (χ1n) is 7.18. The molecule has 0 aromatic heterocycles. The van der Waals surface area contributed by atoms with E-state index in [-0.39, 0.29) is 14.9 Å². The van der Waals surface area contributed by atoms with Gasteiger partial charge in [0.2, 0.25) is 0 Å². The third-order valence-electron chi connectivity index (χ3n) is 4.16. The van der Waals surface area contributed by atoms with E-state index in [0.717, 1.165) is 12.8 Å². The molecule has 0 heterocycles. The standard InChI is InChI=1S/C19H20.2CH4/c1-3-15-10-11-17-9-7-5-4-6-8-16-12-13-18(15)19(17)14(16)2;;/h4,6-14H,3,5H2,1-2H3;2*1H4/b6-4-,9-7-,16-8-;;. The topological polar surface area (TPSA) is 0 Å². The molecule has 1 atom stereocenters. The number of hydrogen-bond acceptors (Lipinski definition) is 0. The molecule has 0 nitrogen and oxygen atoms in total. The van der Waals surface area contributed by atoms with Crippen LogP contribution in [0.25, 0.3) is 12.2 Å². The Morgan fingerprint density at radius 3 is 2.62 bits per heavy atom. The minimum Gasteiger partial charge on any atom is -0.0807 e. The minimum atomic E-state index is 0. The summed E-state index contributed by atoms with van der Waals surface area (Å²) in [4.78, 5) is 0. The molecule has 0 amide bonds. The summed E-state index contributed by atoms with van der Waals surface area (Å²) in [6, 6.07) is 4.57. The molecule has 0 heteroatoms. The lowest BCUT2D eigenvalue weighted by Crippen LogP contribution is -2.08. The van der Waals surface area contributed by atoms with Gasteiger partial charge in [-0.2, -0.15) is 0 Å². The van der Waals surface area contributed by atoms with Crippen LogP contribution in [0.5, 0.6) is 0 Å². The van der Waals surface area contributed by atoms with E-state index in [1.807, 2.05) is 0 Å². The molecule has 2 aliphatic carbocycles. The average molecular weight is 280 g/mol. The van der Waals surface area contributed by atoms with Crippen molar-refractivity contribution in [2.45, 2.75) is 47.5 Å². The molecule has 21 heavy (non-hydrogen) atoms. The van der Waals surface area contributed by atoms with Crippen molar-refractivity contribution >= 4 is 12.2 Å². The van der Waals surface area contributed by atoms with Crippen LogP contribution in [-0.4, -0.2) is 0 Å². The van der Waals surface area contributed by atoms with Gasteiger partial charge in [0.05, 0.1) is 0 Å². The van der Waals surface area contributed by atoms with Gasteiger partial charge in [-0.05, 0) is 40.7 Å². The second-order valence-electron chi connectivity index (χ2n) is 5.28. The first-order chi connectivity index (χ1) is 9.31. The van der Waals surface area contributed by atoms with Crippen molar-refractivity contribution in [3.63, 3.8) is 0 Å². The third-order valence-corrected chi connectivity index (χ3v) is 4.16. The fourth-order valence-corrected chi connectivity index (χ4v) is 3.05. The van der Waals surface area contributed by atoms with Crippen molar-refractivity contribution in [1.82, 2.24) is 0 Å². The van der Waals surface area contributed by atoms with Gasteiger partial charge in [0.15, 0.2) is 0 Å². The Morgan fingerprint density at radius 1 is 1.05 bits per heavy atom. The SMILES string of the molecule is C.C.CCc1ccc2c3c1C=C/C(=C/C=C\C/C=C\2)C3C. The summed E-state index contributed by atoms with van der Waals surface area (Å²) in [7, 11) is 0. The molecule has 0 spiro atoms. The van der Waals surface area contributed by atoms with Crippen LogP contribution in [0.3, 0.4) is 0 Å². The van der Waals surface area contributed by atoms with Crippen LogP contribution in [0.2, 0.25) is 0 Å². The molecule has 0 radical (unpaired) electrons. The van der Waals surface area contributed by atoms with Gasteiger partial charge in [0.25, 0.3) is 0 Å². The van der Waals surface area contributed by atoms with Gasteiger partial charge in [0.1, 0.15) is 0 Å². The summed E-state index contributed by atoms with van der Waals surface area (Å²) in [5, 5.41) is 0. The molecule has 3 rings (SSSR count). The van der Waals surface area contributed by atoms with Crippen LogP contribution >= 0.6 is 0 Å². The van der Waals surface area contributed by atoms with Crippen molar-refractivity contribution < 1.29 is 0 Å². The van der Waals surface area contributed by atoms with Gasteiger partial charge in [-0.1, -0.05) is 83.4 Å². The zero-order valence-electron chi connectivity index (χ0n) is 11.7. The largest absolute Gasteiger partial charge is 0.0807 e. The molecule has 0 saturated carbocycles. The predicted octanol–water partition coefficient (Wildman–Crippen LogP) is 6.55. The fourth-order valence-electron chi connectivity index (χ4n) is 3.05. The van der Waals surface area contributed by atoms with E-state index >= 15 is 0 Å². The molecule has 1 aromatic rings. The maximum absolute atomic E-state index is 2.32. The Bertz CT molecular complexity index is 609. The fraction of sp³-hybridized carbons (Fsp3) is 0.333. The van der Waals surface area contributed by atoms with Gasteiger partial charge < -0.3 is 0 Å². The van der Waals surface area contributed by atoms with Gasteiger partial charge in [-0.3, -0.25) is 0 Å². The summed E-state index contributed by atoms with van der Waals surface area (Å²) in [5.74, 6) is 0.480. The van der Waals surface area contributed by atoms with Crippen LogP contribution in [0.1, 0.15) is 63.3 Å². The van der Waals surface area contributed by atoms with Crippen LogP contribution in [0.15, 0.2) is 48.1 Å². The van der Waals surface area contributed by atoms with E-state index in [0.29, 0.717) is 5.92 Å². The van der Waals surface area contributed by atoms with Crippen molar-refractivity contribution in [1.29, 1.82) is 0 Å². The van der Waals surface area contributed by atoms with Gasteiger partial charge in [0, 0.05) is 5.92 Å². The Balaban J connectivity index is 0.00000110. The number of aryl methyl sites for hydroxylation is 1. The second kappa shape index (κ2) is 7.26. The normalized spacial score (nSPS) is 23.9. The second-order valence-corrected chi connectivity index (χ2v) is 5.28. The monoisotopic (exact) mass is 280 g/mol. The molecular weight excluding hydrogens is 252 g/mol. The summed E-state index contributed by atoms with van der Waals surface area (Å²) in [6.07, 6.45) is 17.9. The molecule has 0 N–H and O–H groups in total. The number of allylic oxidation sites excluding steroid dienone is 6. The molecule has 1 unspecified atom stereocenters. The maximum Gasteiger partial charge on any atom is 0.00729 e. The van der Waals surface area contributed by atoms with Crippen LogP contribution in [0, 0.1) is 0 Å². The van der Waals surface area contributed by atoms with Crippen LogP contribution in [0.4, 0.5) is 0 Å². The highest BCUT2D eigenvalue weighted by molar-refractivity contribution is 5.73. The number of fused-ring (bicyclic) bond motifs is 1. The number of rotatable bonds is 1. The van der Waals surface area contributed by atoms with Crippen molar-refractivity contribution in [3.8, 4) is 0 Å². The Morgan fingerprint density at radius 2 is 1.86 bits per heavy atom. The molecule has 112 valence electrons.